The number of fused-ring (bicyclic) bond motifs is 1. The molecule has 0 atom stereocenters. The highest BCUT2D eigenvalue weighted by Crippen LogP contribution is 2.27. The molecule has 0 aliphatic rings. The van der Waals surface area contributed by atoms with E-state index in [1.165, 1.54) is 0 Å². The largest absolute Gasteiger partial charge is 0.461 e. The molecule has 0 radical (unpaired) electrons. The summed E-state index contributed by atoms with van der Waals surface area (Å²) in [6, 6.07) is 11.8. The predicted molar refractivity (Wildman–Crippen MR) is 91.5 cm³/mol. The molecule has 2 aromatic heterocycles. The van der Waals surface area contributed by atoms with Gasteiger partial charge in [-0.3, -0.25) is 4.79 Å². The molecule has 4 nitrogen and oxygen atoms in total. The molecule has 0 N–H and O–H groups in total. The van der Waals surface area contributed by atoms with Crippen molar-refractivity contribution in [2.24, 2.45) is 7.05 Å². The Morgan fingerprint density at radius 1 is 1.22 bits per heavy atom. The Kier molecular flexibility index (Phi) is 3.99. The number of benzene rings is 1. The first-order valence-corrected chi connectivity index (χ1v) is 7.90. The number of furan rings is 1. The molecule has 0 fully saturated rings. The van der Waals surface area contributed by atoms with Gasteiger partial charge in [0.25, 0.3) is 5.91 Å². The maximum Gasteiger partial charge on any atom is 0.270 e. The van der Waals surface area contributed by atoms with Crippen LogP contribution in [0.5, 0.6) is 0 Å². The Morgan fingerprint density at radius 3 is 2.61 bits per heavy atom. The maximum atomic E-state index is 12.7. The molecule has 0 unspecified atom stereocenters. The summed E-state index contributed by atoms with van der Waals surface area (Å²) in [6.45, 7) is 4.61. The first-order valence-electron chi connectivity index (χ1n) is 7.90. The highest BCUT2D eigenvalue weighted by atomic mass is 16.3. The number of nitrogens with zero attached hydrogens (tertiary/aromatic N) is 2. The van der Waals surface area contributed by atoms with E-state index in [0.717, 1.165) is 34.4 Å². The van der Waals surface area contributed by atoms with Gasteiger partial charge in [-0.1, -0.05) is 25.1 Å². The minimum Gasteiger partial charge on any atom is -0.461 e. The molecule has 3 aromatic rings. The second kappa shape index (κ2) is 5.95. The monoisotopic (exact) mass is 310 g/mol. The maximum absolute atomic E-state index is 12.7. The minimum atomic E-state index is 0.0212. The summed E-state index contributed by atoms with van der Waals surface area (Å²) >= 11 is 0. The summed E-state index contributed by atoms with van der Waals surface area (Å²) in [7, 11) is 3.76. The van der Waals surface area contributed by atoms with E-state index in [4.69, 9.17) is 4.42 Å². The molecule has 3 rings (SSSR count). The number of amides is 1. The van der Waals surface area contributed by atoms with Gasteiger partial charge in [-0.2, -0.15) is 0 Å². The predicted octanol–water partition coefficient (Wildman–Crippen LogP) is 3.91. The number of carbonyl (C=O) groups is 1. The summed E-state index contributed by atoms with van der Waals surface area (Å²) in [5.74, 6) is 0.974. The van der Waals surface area contributed by atoms with Crippen LogP contribution in [-0.2, 0) is 20.0 Å². The second-order valence-corrected chi connectivity index (χ2v) is 5.93. The Bertz CT molecular complexity index is 858. The Labute approximate surface area is 136 Å². The number of hydrogen-bond acceptors (Lipinski definition) is 2. The first-order chi connectivity index (χ1) is 11.0. The molecular weight excluding hydrogens is 288 g/mol. The fourth-order valence-corrected chi connectivity index (χ4v) is 2.94. The number of aryl methyl sites for hydroxylation is 2. The first kappa shape index (κ1) is 15.4. The van der Waals surface area contributed by atoms with Crippen LogP contribution in [0.1, 0.15) is 34.4 Å². The van der Waals surface area contributed by atoms with Gasteiger partial charge in [0.15, 0.2) is 0 Å². The summed E-state index contributed by atoms with van der Waals surface area (Å²) in [5.41, 5.74) is 3.76. The third-order valence-electron chi connectivity index (χ3n) is 4.44. The lowest BCUT2D eigenvalue weighted by Crippen LogP contribution is -2.28. The van der Waals surface area contributed by atoms with Gasteiger partial charge in [-0.15, -0.1) is 0 Å². The van der Waals surface area contributed by atoms with Gasteiger partial charge >= 0.3 is 0 Å². The topological polar surface area (TPSA) is 38.4 Å². The van der Waals surface area contributed by atoms with E-state index in [2.05, 4.69) is 13.0 Å². The molecule has 1 amide bonds. The SMILES string of the molecule is CCc1oc2ccccc2c1CN(C)C(=O)c1ccc(C)n1C. The van der Waals surface area contributed by atoms with Crippen LogP contribution in [0.2, 0.25) is 0 Å². The smallest absolute Gasteiger partial charge is 0.270 e. The molecule has 0 aliphatic heterocycles. The van der Waals surface area contributed by atoms with E-state index in [0.29, 0.717) is 12.2 Å². The fraction of sp³-hybridized carbons (Fsp3) is 0.316. The molecule has 0 bridgehead atoms. The number of hydrogen-bond donors (Lipinski definition) is 0. The van der Waals surface area contributed by atoms with Crippen molar-refractivity contribution in [3.05, 3.63) is 59.1 Å². The summed E-state index contributed by atoms with van der Waals surface area (Å²) in [5, 5.41) is 1.09. The summed E-state index contributed by atoms with van der Waals surface area (Å²) in [6.07, 6.45) is 0.815. The Balaban J connectivity index is 1.92. The molecule has 4 heteroatoms. The van der Waals surface area contributed by atoms with Crippen molar-refractivity contribution in [1.29, 1.82) is 0 Å². The second-order valence-electron chi connectivity index (χ2n) is 5.93. The standard InChI is InChI=1S/C19H22N2O2/c1-5-17-15(14-8-6-7-9-18(14)23-17)12-20(3)19(22)16-11-10-13(2)21(16)4/h6-11H,5,12H2,1-4H3. The van der Waals surface area contributed by atoms with Crippen LogP contribution in [0.3, 0.4) is 0 Å². The van der Waals surface area contributed by atoms with E-state index in [1.807, 2.05) is 55.9 Å². The van der Waals surface area contributed by atoms with Crippen molar-refractivity contribution in [2.75, 3.05) is 7.05 Å². The van der Waals surface area contributed by atoms with Crippen molar-refractivity contribution in [3.8, 4) is 0 Å². The van der Waals surface area contributed by atoms with Crippen molar-refractivity contribution in [3.63, 3.8) is 0 Å². The lowest BCUT2D eigenvalue weighted by molar-refractivity contribution is 0.0775. The van der Waals surface area contributed by atoms with Gasteiger partial charge in [0.1, 0.15) is 17.0 Å². The molecule has 23 heavy (non-hydrogen) atoms. The number of carbonyl (C=O) groups excluding carboxylic acids is 1. The normalized spacial score (nSPS) is 11.1. The van der Waals surface area contributed by atoms with Gasteiger partial charge in [0.05, 0.1) is 0 Å². The molecule has 0 aliphatic carbocycles. The molecule has 0 saturated carbocycles. The molecular formula is C19H22N2O2. The zero-order chi connectivity index (χ0) is 16.6. The van der Waals surface area contributed by atoms with Crippen LogP contribution in [0, 0.1) is 6.92 Å². The summed E-state index contributed by atoms with van der Waals surface area (Å²) in [4.78, 5) is 14.5. The van der Waals surface area contributed by atoms with E-state index in [-0.39, 0.29) is 5.91 Å². The van der Waals surface area contributed by atoms with Crippen LogP contribution >= 0.6 is 0 Å². The lowest BCUT2D eigenvalue weighted by atomic mass is 10.1. The van der Waals surface area contributed by atoms with Crippen LogP contribution in [0.15, 0.2) is 40.8 Å². The van der Waals surface area contributed by atoms with Crippen molar-refractivity contribution >= 4 is 16.9 Å². The molecule has 120 valence electrons. The average Bonchev–Trinajstić information content (AvgIpc) is 3.08. The third-order valence-corrected chi connectivity index (χ3v) is 4.44. The highest BCUT2D eigenvalue weighted by molar-refractivity contribution is 5.93. The fourth-order valence-electron chi connectivity index (χ4n) is 2.94. The van der Waals surface area contributed by atoms with Gasteiger partial charge in [-0.05, 0) is 25.1 Å². The van der Waals surface area contributed by atoms with E-state index < -0.39 is 0 Å². The number of rotatable bonds is 4. The minimum absolute atomic E-state index is 0.0212. The number of aromatic nitrogens is 1. The molecule has 0 saturated heterocycles. The zero-order valence-corrected chi connectivity index (χ0v) is 14.1. The summed E-state index contributed by atoms with van der Waals surface area (Å²) < 4.78 is 7.84. The average molecular weight is 310 g/mol. The van der Waals surface area contributed by atoms with Crippen molar-refractivity contribution in [1.82, 2.24) is 9.47 Å². The zero-order valence-electron chi connectivity index (χ0n) is 14.1. The van der Waals surface area contributed by atoms with E-state index >= 15 is 0 Å². The molecule has 1 aromatic carbocycles. The third kappa shape index (κ3) is 2.65. The highest BCUT2D eigenvalue weighted by Gasteiger charge is 2.20. The van der Waals surface area contributed by atoms with Crippen molar-refractivity contribution < 1.29 is 9.21 Å². The lowest BCUT2D eigenvalue weighted by Gasteiger charge is -2.18. The van der Waals surface area contributed by atoms with Gasteiger partial charge in [0, 0.05) is 43.7 Å². The van der Waals surface area contributed by atoms with Crippen LogP contribution in [0.25, 0.3) is 11.0 Å². The van der Waals surface area contributed by atoms with Crippen molar-refractivity contribution in [2.45, 2.75) is 26.8 Å². The van der Waals surface area contributed by atoms with Crippen LogP contribution in [-0.4, -0.2) is 22.4 Å². The Morgan fingerprint density at radius 2 is 1.96 bits per heavy atom. The quantitative estimate of drug-likeness (QED) is 0.732. The number of para-hydroxylation sites is 1. The van der Waals surface area contributed by atoms with Gasteiger partial charge in [-0.25, -0.2) is 0 Å². The van der Waals surface area contributed by atoms with Gasteiger partial charge in [0.2, 0.25) is 0 Å². The molecule has 2 heterocycles. The van der Waals surface area contributed by atoms with Gasteiger partial charge < -0.3 is 13.9 Å². The van der Waals surface area contributed by atoms with Crippen LogP contribution in [0.4, 0.5) is 0 Å². The Hall–Kier alpha value is -2.49. The van der Waals surface area contributed by atoms with E-state index in [1.54, 1.807) is 4.90 Å². The van der Waals surface area contributed by atoms with E-state index in [9.17, 15) is 4.79 Å². The van der Waals surface area contributed by atoms with Crippen LogP contribution < -0.4 is 0 Å². The molecule has 0 spiro atoms.